The Bertz CT molecular complexity index is 805. The van der Waals surface area contributed by atoms with Gasteiger partial charge in [0.1, 0.15) is 18.0 Å². The predicted molar refractivity (Wildman–Crippen MR) is 89.5 cm³/mol. The van der Waals surface area contributed by atoms with Crippen molar-refractivity contribution in [3.05, 3.63) is 36.4 Å². The highest BCUT2D eigenvalue weighted by Crippen LogP contribution is 2.25. The number of hydrogen-bond acceptors (Lipinski definition) is 6. The summed E-state index contributed by atoms with van der Waals surface area (Å²) in [5, 5.41) is 11.5. The first kappa shape index (κ1) is 13.9. The lowest BCUT2D eigenvalue weighted by atomic mass is 10.0. The third-order valence-electron chi connectivity index (χ3n) is 4.26. The van der Waals surface area contributed by atoms with Gasteiger partial charge in [0.15, 0.2) is 5.65 Å². The molecule has 0 bridgehead atoms. The van der Waals surface area contributed by atoms with E-state index in [1.165, 1.54) is 0 Å². The van der Waals surface area contributed by atoms with Crippen molar-refractivity contribution in [1.29, 1.82) is 0 Å². The summed E-state index contributed by atoms with van der Waals surface area (Å²) in [6.07, 6.45) is 5.50. The second-order valence-electron chi connectivity index (χ2n) is 5.90. The topological polar surface area (TPSA) is 82.6 Å². The summed E-state index contributed by atoms with van der Waals surface area (Å²) in [7, 11) is 0. The van der Waals surface area contributed by atoms with Crippen LogP contribution in [0.2, 0.25) is 0 Å². The Morgan fingerprint density at radius 1 is 1.22 bits per heavy atom. The zero-order valence-electron chi connectivity index (χ0n) is 13.0. The second kappa shape index (κ2) is 5.83. The largest absolute Gasteiger partial charge is 0.367 e. The molecule has 2 N–H and O–H groups in total. The van der Waals surface area contributed by atoms with Crippen molar-refractivity contribution in [3.8, 4) is 0 Å². The zero-order chi connectivity index (χ0) is 15.6. The van der Waals surface area contributed by atoms with Gasteiger partial charge in [-0.25, -0.2) is 15.0 Å². The average Bonchev–Trinajstić information content (AvgIpc) is 3.04. The van der Waals surface area contributed by atoms with Crippen LogP contribution in [0.15, 0.2) is 30.7 Å². The summed E-state index contributed by atoms with van der Waals surface area (Å²) in [6, 6.07) is 6.52. The molecule has 0 amide bonds. The third kappa shape index (κ3) is 2.81. The number of aromatic amines is 1. The molecule has 4 rings (SSSR count). The van der Waals surface area contributed by atoms with E-state index in [-0.39, 0.29) is 0 Å². The van der Waals surface area contributed by atoms with Gasteiger partial charge in [-0.2, -0.15) is 5.10 Å². The van der Waals surface area contributed by atoms with Crippen LogP contribution in [-0.4, -0.2) is 44.3 Å². The number of H-pyrrole nitrogens is 1. The van der Waals surface area contributed by atoms with Gasteiger partial charge in [0, 0.05) is 24.8 Å². The maximum absolute atomic E-state index is 4.52. The van der Waals surface area contributed by atoms with Crippen molar-refractivity contribution in [2.45, 2.75) is 25.8 Å². The number of piperidine rings is 1. The number of aryl methyl sites for hydroxylation is 1. The van der Waals surface area contributed by atoms with Crippen LogP contribution in [0.1, 0.15) is 18.5 Å². The highest BCUT2D eigenvalue weighted by Gasteiger charge is 2.22. The molecule has 0 unspecified atom stereocenters. The van der Waals surface area contributed by atoms with Crippen LogP contribution >= 0.6 is 0 Å². The van der Waals surface area contributed by atoms with Gasteiger partial charge in [-0.1, -0.05) is 6.07 Å². The highest BCUT2D eigenvalue weighted by molar-refractivity contribution is 5.86. The van der Waals surface area contributed by atoms with Crippen LogP contribution in [-0.2, 0) is 0 Å². The minimum Gasteiger partial charge on any atom is -0.367 e. The fourth-order valence-corrected chi connectivity index (χ4v) is 3.07. The Hall–Kier alpha value is -2.70. The summed E-state index contributed by atoms with van der Waals surface area (Å²) in [5.41, 5.74) is 1.83. The summed E-state index contributed by atoms with van der Waals surface area (Å²) in [6.45, 7) is 3.93. The maximum atomic E-state index is 4.52. The lowest BCUT2D eigenvalue weighted by molar-refractivity contribution is 0.523. The molecule has 1 fully saturated rings. The van der Waals surface area contributed by atoms with Gasteiger partial charge in [0.25, 0.3) is 0 Å². The van der Waals surface area contributed by atoms with E-state index < -0.39 is 0 Å². The number of anilines is 2. The summed E-state index contributed by atoms with van der Waals surface area (Å²) in [5.74, 6) is 1.93. The smallest absolute Gasteiger partial charge is 0.160 e. The number of rotatable bonds is 3. The van der Waals surface area contributed by atoms with Crippen molar-refractivity contribution in [2.24, 2.45) is 0 Å². The second-order valence-corrected chi connectivity index (χ2v) is 5.90. The number of aromatic nitrogens is 5. The van der Waals surface area contributed by atoms with Crippen LogP contribution in [0.25, 0.3) is 11.0 Å². The Morgan fingerprint density at radius 2 is 2.09 bits per heavy atom. The fraction of sp³-hybridized carbons (Fsp3) is 0.375. The molecule has 0 saturated carbocycles. The molecule has 1 saturated heterocycles. The van der Waals surface area contributed by atoms with E-state index in [0.717, 1.165) is 54.3 Å². The van der Waals surface area contributed by atoms with E-state index in [0.29, 0.717) is 6.04 Å². The SMILES string of the molecule is Cc1cccc(NC2CCN(c3ncnc4[nH]ncc34)CC2)n1. The van der Waals surface area contributed by atoms with Crippen LogP contribution in [0.4, 0.5) is 11.6 Å². The van der Waals surface area contributed by atoms with Crippen molar-refractivity contribution in [3.63, 3.8) is 0 Å². The third-order valence-corrected chi connectivity index (χ3v) is 4.26. The summed E-state index contributed by atoms with van der Waals surface area (Å²) < 4.78 is 0. The molecule has 118 valence electrons. The first-order valence-electron chi connectivity index (χ1n) is 7.89. The first-order chi connectivity index (χ1) is 11.3. The van der Waals surface area contributed by atoms with Gasteiger partial charge in [-0.15, -0.1) is 0 Å². The molecular weight excluding hydrogens is 290 g/mol. The number of hydrogen-bond donors (Lipinski definition) is 2. The van der Waals surface area contributed by atoms with Gasteiger partial charge < -0.3 is 10.2 Å². The van der Waals surface area contributed by atoms with E-state index in [9.17, 15) is 0 Å². The molecule has 23 heavy (non-hydrogen) atoms. The Labute approximate surface area is 134 Å². The van der Waals surface area contributed by atoms with Gasteiger partial charge >= 0.3 is 0 Å². The van der Waals surface area contributed by atoms with E-state index in [1.54, 1.807) is 12.5 Å². The monoisotopic (exact) mass is 309 g/mol. The number of fused-ring (bicyclic) bond motifs is 1. The molecule has 7 nitrogen and oxygen atoms in total. The highest BCUT2D eigenvalue weighted by atomic mass is 15.2. The van der Waals surface area contributed by atoms with Crippen LogP contribution < -0.4 is 10.2 Å². The number of nitrogens with zero attached hydrogens (tertiary/aromatic N) is 5. The van der Waals surface area contributed by atoms with Gasteiger partial charge in [0.05, 0.1) is 11.6 Å². The molecule has 4 heterocycles. The molecule has 0 aromatic carbocycles. The van der Waals surface area contributed by atoms with Crippen molar-refractivity contribution < 1.29 is 0 Å². The lowest BCUT2D eigenvalue weighted by Crippen LogP contribution is -2.39. The lowest BCUT2D eigenvalue weighted by Gasteiger charge is -2.33. The van der Waals surface area contributed by atoms with Crippen molar-refractivity contribution in [1.82, 2.24) is 25.1 Å². The van der Waals surface area contributed by atoms with Gasteiger partial charge in [0.2, 0.25) is 0 Å². The molecule has 0 spiro atoms. The van der Waals surface area contributed by atoms with E-state index >= 15 is 0 Å². The van der Waals surface area contributed by atoms with Crippen LogP contribution in [0.5, 0.6) is 0 Å². The van der Waals surface area contributed by atoms with Gasteiger partial charge in [-0.3, -0.25) is 5.10 Å². The Balaban J connectivity index is 1.44. The molecule has 1 aliphatic rings. The first-order valence-corrected chi connectivity index (χ1v) is 7.89. The Morgan fingerprint density at radius 3 is 2.91 bits per heavy atom. The van der Waals surface area contributed by atoms with E-state index in [2.05, 4.69) is 35.4 Å². The molecule has 0 radical (unpaired) electrons. The standard InChI is InChI=1S/C16H19N7/c1-11-3-2-4-14(20-11)21-12-5-7-23(8-6-12)16-13-9-19-22-15(13)17-10-18-16/h2-4,9-10,12H,5-8H2,1H3,(H,20,21)(H,17,18,19,22). The van der Waals surface area contributed by atoms with Crippen molar-refractivity contribution in [2.75, 3.05) is 23.3 Å². The molecule has 7 heteroatoms. The fourth-order valence-electron chi connectivity index (χ4n) is 3.07. The minimum absolute atomic E-state index is 0.447. The predicted octanol–water partition coefficient (Wildman–Crippen LogP) is 2.14. The number of nitrogens with one attached hydrogen (secondary N) is 2. The quantitative estimate of drug-likeness (QED) is 0.771. The normalized spacial score (nSPS) is 16.0. The maximum Gasteiger partial charge on any atom is 0.160 e. The molecule has 0 atom stereocenters. The molecule has 0 aliphatic carbocycles. The van der Waals surface area contributed by atoms with Crippen LogP contribution in [0.3, 0.4) is 0 Å². The Kier molecular flexibility index (Phi) is 3.53. The average molecular weight is 309 g/mol. The van der Waals surface area contributed by atoms with E-state index in [4.69, 9.17) is 0 Å². The van der Waals surface area contributed by atoms with Crippen molar-refractivity contribution >= 4 is 22.7 Å². The van der Waals surface area contributed by atoms with Gasteiger partial charge in [-0.05, 0) is 31.9 Å². The number of pyridine rings is 1. The van der Waals surface area contributed by atoms with Crippen LogP contribution in [0, 0.1) is 6.92 Å². The molecule has 3 aromatic heterocycles. The van der Waals surface area contributed by atoms with E-state index in [1.807, 2.05) is 25.1 Å². The summed E-state index contributed by atoms with van der Waals surface area (Å²) in [4.78, 5) is 15.5. The zero-order valence-corrected chi connectivity index (χ0v) is 13.0. The summed E-state index contributed by atoms with van der Waals surface area (Å²) >= 11 is 0. The molecular formula is C16H19N7. The molecule has 3 aromatic rings. The molecule has 1 aliphatic heterocycles. The minimum atomic E-state index is 0.447.